The Balaban J connectivity index is 1.84. The fraction of sp³-hybridized carbons (Fsp3) is 0.444. The van der Waals surface area contributed by atoms with E-state index >= 15 is 0 Å². The van der Waals surface area contributed by atoms with Gasteiger partial charge in [0.15, 0.2) is 5.82 Å². The molecule has 0 spiro atoms. The van der Waals surface area contributed by atoms with Gasteiger partial charge in [0.2, 0.25) is 0 Å². The number of benzene rings is 1. The van der Waals surface area contributed by atoms with Gasteiger partial charge in [0.1, 0.15) is 11.3 Å². The van der Waals surface area contributed by atoms with Crippen LogP contribution in [0.1, 0.15) is 35.4 Å². The first kappa shape index (κ1) is 16.2. The Morgan fingerprint density at radius 2 is 2.20 bits per heavy atom. The molecule has 132 valence electrons. The lowest BCUT2D eigenvalue weighted by Crippen LogP contribution is -2.31. The molecule has 7 heteroatoms. The van der Waals surface area contributed by atoms with E-state index in [4.69, 9.17) is 4.74 Å². The number of piperidine rings is 1. The van der Waals surface area contributed by atoms with E-state index in [0.29, 0.717) is 24.5 Å². The first-order chi connectivity index (χ1) is 12.1. The molecule has 2 aliphatic heterocycles. The number of nitrogens with one attached hydrogen (secondary N) is 1. The van der Waals surface area contributed by atoms with Crippen molar-refractivity contribution in [3.63, 3.8) is 0 Å². The third-order valence-electron chi connectivity index (χ3n) is 4.87. The molecule has 2 aliphatic rings. The van der Waals surface area contributed by atoms with Gasteiger partial charge in [0.05, 0.1) is 23.7 Å². The van der Waals surface area contributed by atoms with Crippen molar-refractivity contribution in [1.82, 2.24) is 14.9 Å². The van der Waals surface area contributed by atoms with E-state index < -0.39 is 11.8 Å². The molecule has 2 saturated heterocycles. The van der Waals surface area contributed by atoms with E-state index in [2.05, 4.69) is 10.3 Å². The summed E-state index contributed by atoms with van der Waals surface area (Å²) < 4.78 is 22.1. The van der Waals surface area contributed by atoms with Gasteiger partial charge in [0.25, 0.3) is 0 Å². The highest BCUT2D eigenvalue weighted by Gasteiger charge is 2.25. The number of aromatic nitrogens is 2. The summed E-state index contributed by atoms with van der Waals surface area (Å²) in [4.78, 5) is 15.8. The maximum atomic E-state index is 14.8. The Kier molecular flexibility index (Phi) is 4.27. The number of carboxylic acids is 1. The van der Waals surface area contributed by atoms with Gasteiger partial charge >= 0.3 is 5.97 Å². The number of fused-ring (bicyclic) bond motifs is 1. The smallest absolute Gasteiger partial charge is 0.338 e. The maximum Gasteiger partial charge on any atom is 0.338 e. The molecule has 3 heterocycles. The van der Waals surface area contributed by atoms with Crippen LogP contribution in [0.5, 0.6) is 0 Å². The topological polar surface area (TPSA) is 76.4 Å². The minimum absolute atomic E-state index is 0.0236. The van der Waals surface area contributed by atoms with Crippen molar-refractivity contribution >= 4 is 23.1 Å². The standard InChI is InChI=1S/C18H20FN3O3/c19-16-13(18(23)24)1-2-14-17(16)22(10-12-5-8-25-12)15(21-14)9-11-3-6-20-7-4-11/h1-2,9,12,20H,3-8,10H2,(H,23,24). The summed E-state index contributed by atoms with van der Waals surface area (Å²) in [6, 6.07) is 2.85. The fourth-order valence-corrected chi connectivity index (χ4v) is 3.37. The number of imidazole rings is 1. The molecule has 0 saturated carbocycles. The lowest BCUT2D eigenvalue weighted by Gasteiger charge is -2.27. The summed E-state index contributed by atoms with van der Waals surface area (Å²) in [6.07, 6.45) is 4.83. The third kappa shape index (κ3) is 3.05. The van der Waals surface area contributed by atoms with Crippen LogP contribution in [-0.2, 0) is 11.3 Å². The van der Waals surface area contributed by atoms with Crippen molar-refractivity contribution in [3.05, 3.63) is 34.9 Å². The van der Waals surface area contributed by atoms with Crippen LogP contribution < -0.4 is 5.32 Å². The van der Waals surface area contributed by atoms with E-state index in [1.807, 2.05) is 6.08 Å². The van der Waals surface area contributed by atoms with Gasteiger partial charge in [-0.25, -0.2) is 14.2 Å². The molecule has 1 atom stereocenters. The highest BCUT2D eigenvalue weighted by atomic mass is 19.1. The molecular weight excluding hydrogens is 325 g/mol. The number of halogens is 1. The largest absolute Gasteiger partial charge is 0.478 e. The summed E-state index contributed by atoms with van der Waals surface area (Å²) in [7, 11) is 0. The summed E-state index contributed by atoms with van der Waals surface area (Å²) in [5.41, 5.74) is 1.66. The molecule has 2 aromatic rings. The minimum Gasteiger partial charge on any atom is -0.478 e. The van der Waals surface area contributed by atoms with Crippen LogP contribution in [0.15, 0.2) is 17.7 Å². The van der Waals surface area contributed by atoms with E-state index in [1.54, 1.807) is 10.6 Å². The number of rotatable bonds is 4. The number of hydrogen-bond donors (Lipinski definition) is 2. The number of carboxylic acid groups (broad SMARTS) is 1. The lowest BCUT2D eigenvalue weighted by atomic mass is 10.1. The number of hydrogen-bond acceptors (Lipinski definition) is 4. The molecule has 4 rings (SSSR count). The SMILES string of the molecule is O=C(O)c1ccc2nc(C=C3CCNCC3)n(CC3CCO3)c2c1F. The Bertz CT molecular complexity index is 847. The Morgan fingerprint density at radius 1 is 1.44 bits per heavy atom. The van der Waals surface area contributed by atoms with Crippen LogP contribution in [-0.4, -0.2) is 46.4 Å². The number of aromatic carboxylic acids is 1. The van der Waals surface area contributed by atoms with Crippen LogP contribution in [0, 0.1) is 5.82 Å². The first-order valence-corrected chi connectivity index (χ1v) is 8.57. The van der Waals surface area contributed by atoms with Crippen LogP contribution in [0.4, 0.5) is 4.39 Å². The van der Waals surface area contributed by atoms with E-state index in [-0.39, 0.29) is 17.2 Å². The molecule has 25 heavy (non-hydrogen) atoms. The Morgan fingerprint density at radius 3 is 2.84 bits per heavy atom. The average molecular weight is 345 g/mol. The molecule has 0 radical (unpaired) electrons. The molecule has 2 N–H and O–H groups in total. The zero-order valence-electron chi connectivity index (χ0n) is 13.8. The first-order valence-electron chi connectivity index (χ1n) is 8.57. The van der Waals surface area contributed by atoms with Gasteiger partial charge in [-0.1, -0.05) is 5.57 Å². The van der Waals surface area contributed by atoms with Gasteiger partial charge in [-0.2, -0.15) is 0 Å². The summed E-state index contributed by atoms with van der Waals surface area (Å²) in [6.45, 7) is 3.04. The van der Waals surface area contributed by atoms with Crippen molar-refractivity contribution in [3.8, 4) is 0 Å². The predicted octanol–water partition coefficient (Wildman–Crippen LogP) is 2.43. The summed E-state index contributed by atoms with van der Waals surface area (Å²) in [5.74, 6) is -1.33. The molecular formula is C18H20FN3O3. The monoisotopic (exact) mass is 345 g/mol. The Hall–Kier alpha value is -2.25. The van der Waals surface area contributed by atoms with E-state index in [9.17, 15) is 14.3 Å². The van der Waals surface area contributed by atoms with Crippen molar-refractivity contribution < 1.29 is 19.0 Å². The summed E-state index contributed by atoms with van der Waals surface area (Å²) in [5, 5.41) is 12.5. The van der Waals surface area contributed by atoms with Crippen molar-refractivity contribution in [2.24, 2.45) is 0 Å². The van der Waals surface area contributed by atoms with E-state index in [1.165, 1.54) is 11.6 Å². The number of ether oxygens (including phenoxy) is 1. The second-order valence-electron chi connectivity index (χ2n) is 6.51. The zero-order valence-corrected chi connectivity index (χ0v) is 13.8. The normalized spacial score (nSPS) is 20.5. The molecule has 2 fully saturated rings. The van der Waals surface area contributed by atoms with Crippen LogP contribution in [0.3, 0.4) is 0 Å². The van der Waals surface area contributed by atoms with Gasteiger partial charge in [0, 0.05) is 6.61 Å². The molecule has 6 nitrogen and oxygen atoms in total. The van der Waals surface area contributed by atoms with Crippen molar-refractivity contribution in [2.45, 2.75) is 31.9 Å². The van der Waals surface area contributed by atoms with Crippen molar-refractivity contribution in [2.75, 3.05) is 19.7 Å². The fourth-order valence-electron chi connectivity index (χ4n) is 3.37. The Labute approximate surface area is 144 Å². The second kappa shape index (κ2) is 6.57. The third-order valence-corrected chi connectivity index (χ3v) is 4.87. The number of carbonyl (C=O) groups is 1. The van der Waals surface area contributed by atoms with Crippen LogP contribution in [0.25, 0.3) is 17.1 Å². The van der Waals surface area contributed by atoms with Crippen LogP contribution >= 0.6 is 0 Å². The van der Waals surface area contributed by atoms with Gasteiger partial charge in [-0.15, -0.1) is 0 Å². The zero-order chi connectivity index (χ0) is 17.4. The quantitative estimate of drug-likeness (QED) is 0.890. The molecule has 0 bridgehead atoms. The molecule has 0 amide bonds. The molecule has 0 aliphatic carbocycles. The lowest BCUT2D eigenvalue weighted by molar-refractivity contribution is -0.0588. The highest BCUT2D eigenvalue weighted by molar-refractivity contribution is 5.93. The molecule has 1 aromatic heterocycles. The molecule has 1 aromatic carbocycles. The van der Waals surface area contributed by atoms with Crippen LogP contribution in [0.2, 0.25) is 0 Å². The summed E-state index contributed by atoms with van der Waals surface area (Å²) >= 11 is 0. The predicted molar refractivity (Wildman–Crippen MR) is 91.1 cm³/mol. The van der Waals surface area contributed by atoms with E-state index in [0.717, 1.165) is 32.4 Å². The van der Waals surface area contributed by atoms with Gasteiger partial charge in [-0.3, -0.25) is 0 Å². The minimum atomic E-state index is -1.27. The maximum absolute atomic E-state index is 14.8. The number of nitrogens with zero attached hydrogens (tertiary/aromatic N) is 2. The van der Waals surface area contributed by atoms with Gasteiger partial charge in [-0.05, 0) is 50.6 Å². The van der Waals surface area contributed by atoms with Gasteiger partial charge < -0.3 is 19.7 Å². The highest BCUT2D eigenvalue weighted by Crippen LogP contribution is 2.27. The average Bonchev–Trinajstić information content (AvgIpc) is 2.90. The second-order valence-corrected chi connectivity index (χ2v) is 6.51. The van der Waals surface area contributed by atoms with Crippen molar-refractivity contribution in [1.29, 1.82) is 0 Å². The molecule has 1 unspecified atom stereocenters.